The Bertz CT molecular complexity index is 203. The van der Waals surface area contributed by atoms with Crippen molar-refractivity contribution in [2.45, 2.75) is 46.1 Å². The van der Waals surface area contributed by atoms with Crippen molar-refractivity contribution in [1.82, 2.24) is 5.32 Å². The topological polar surface area (TPSA) is 55.1 Å². The highest BCUT2D eigenvalue weighted by Crippen LogP contribution is 2.33. The zero-order valence-electron chi connectivity index (χ0n) is 9.42. The van der Waals surface area contributed by atoms with Crippen LogP contribution in [0.2, 0.25) is 0 Å². The third kappa shape index (κ3) is 2.89. The van der Waals surface area contributed by atoms with Gasteiger partial charge in [0.15, 0.2) is 0 Å². The van der Waals surface area contributed by atoms with E-state index in [9.17, 15) is 4.79 Å². The second kappa shape index (κ2) is 4.67. The quantitative estimate of drug-likeness (QED) is 0.701. The Morgan fingerprint density at radius 1 is 1.43 bits per heavy atom. The van der Waals surface area contributed by atoms with Crippen LogP contribution in [0.5, 0.6) is 0 Å². The van der Waals surface area contributed by atoms with E-state index in [4.69, 9.17) is 5.73 Å². The van der Waals surface area contributed by atoms with Crippen LogP contribution in [0.25, 0.3) is 0 Å². The molecule has 0 bridgehead atoms. The first kappa shape index (κ1) is 11.3. The van der Waals surface area contributed by atoms with E-state index in [1.165, 1.54) is 12.8 Å². The van der Waals surface area contributed by atoms with Crippen LogP contribution < -0.4 is 11.1 Å². The molecule has 0 heterocycles. The number of carbonyl (C=O) groups is 1. The lowest BCUT2D eigenvalue weighted by Crippen LogP contribution is -2.47. The molecular weight excluding hydrogens is 176 g/mol. The van der Waals surface area contributed by atoms with Gasteiger partial charge in [0.05, 0.1) is 0 Å². The van der Waals surface area contributed by atoms with Crippen LogP contribution in [-0.4, -0.2) is 12.1 Å². The van der Waals surface area contributed by atoms with E-state index >= 15 is 0 Å². The molecule has 1 aliphatic rings. The molecule has 3 heteroatoms. The van der Waals surface area contributed by atoms with Crippen molar-refractivity contribution in [3.05, 3.63) is 0 Å². The molecule has 1 saturated carbocycles. The van der Waals surface area contributed by atoms with Gasteiger partial charge in [0.2, 0.25) is 0 Å². The standard InChI is InChI=1S/C11H22N2O/c1-7(2)9-5-4-8(3)6-10(9)13-11(12)14/h7-10H,4-6H2,1-3H3,(H3,12,13,14)/t8-,9+,10-/m1/s1. The lowest BCUT2D eigenvalue weighted by molar-refractivity contribution is 0.171. The third-order valence-electron chi connectivity index (χ3n) is 3.35. The molecule has 3 N–H and O–H groups in total. The third-order valence-corrected chi connectivity index (χ3v) is 3.35. The van der Waals surface area contributed by atoms with Crippen molar-refractivity contribution in [2.75, 3.05) is 0 Å². The van der Waals surface area contributed by atoms with E-state index in [2.05, 4.69) is 26.1 Å². The van der Waals surface area contributed by atoms with Crippen LogP contribution in [0.1, 0.15) is 40.0 Å². The summed E-state index contributed by atoms with van der Waals surface area (Å²) >= 11 is 0. The van der Waals surface area contributed by atoms with Crippen LogP contribution >= 0.6 is 0 Å². The van der Waals surface area contributed by atoms with E-state index in [0.717, 1.165) is 6.42 Å². The monoisotopic (exact) mass is 198 g/mol. The molecular formula is C11H22N2O. The predicted octanol–water partition coefficient (Wildman–Crippen LogP) is 2.12. The zero-order valence-corrected chi connectivity index (χ0v) is 9.42. The molecule has 0 aromatic rings. The smallest absolute Gasteiger partial charge is 0.312 e. The largest absolute Gasteiger partial charge is 0.352 e. The van der Waals surface area contributed by atoms with Crippen molar-refractivity contribution >= 4 is 6.03 Å². The minimum Gasteiger partial charge on any atom is -0.352 e. The second-order valence-electron chi connectivity index (χ2n) is 4.94. The van der Waals surface area contributed by atoms with E-state index in [-0.39, 0.29) is 12.1 Å². The zero-order chi connectivity index (χ0) is 10.7. The summed E-state index contributed by atoms with van der Waals surface area (Å²) in [7, 11) is 0. The second-order valence-corrected chi connectivity index (χ2v) is 4.94. The van der Waals surface area contributed by atoms with Gasteiger partial charge >= 0.3 is 6.03 Å². The molecule has 2 amide bonds. The van der Waals surface area contributed by atoms with Crippen molar-refractivity contribution in [2.24, 2.45) is 23.5 Å². The Hall–Kier alpha value is -0.730. The fourth-order valence-electron chi connectivity index (χ4n) is 2.55. The molecule has 0 aromatic heterocycles. The van der Waals surface area contributed by atoms with E-state index in [0.29, 0.717) is 17.8 Å². The molecule has 1 fully saturated rings. The fourth-order valence-corrected chi connectivity index (χ4v) is 2.55. The normalized spacial score (nSPS) is 33.0. The fraction of sp³-hybridized carbons (Fsp3) is 0.909. The first-order valence-electron chi connectivity index (χ1n) is 5.56. The molecule has 3 atom stereocenters. The van der Waals surface area contributed by atoms with Gasteiger partial charge in [-0.2, -0.15) is 0 Å². The number of rotatable bonds is 2. The van der Waals surface area contributed by atoms with Gasteiger partial charge in [0, 0.05) is 6.04 Å². The summed E-state index contributed by atoms with van der Waals surface area (Å²) in [5, 5.41) is 2.88. The summed E-state index contributed by atoms with van der Waals surface area (Å²) in [4.78, 5) is 10.9. The number of nitrogens with one attached hydrogen (secondary N) is 1. The number of urea groups is 1. The van der Waals surface area contributed by atoms with Gasteiger partial charge in [-0.15, -0.1) is 0 Å². The maximum Gasteiger partial charge on any atom is 0.312 e. The highest BCUT2D eigenvalue weighted by atomic mass is 16.2. The van der Waals surface area contributed by atoms with Gasteiger partial charge in [-0.1, -0.05) is 27.2 Å². The summed E-state index contributed by atoms with van der Waals surface area (Å²) in [6, 6.07) is -0.0917. The summed E-state index contributed by atoms with van der Waals surface area (Å²) < 4.78 is 0. The highest BCUT2D eigenvalue weighted by molar-refractivity contribution is 5.72. The lowest BCUT2D eigenvalue weighted by atomic mass is 9.74. The molecule has 0 aliphatic heterocycles. The van der Waals surface area contributed by atoms with Crippen LogP contribution in [0.4, 0.5) is 4.79 Å². The number of hydrogen-bond acceptors (Lipinski definition) is 1. The van der Waals surface area contributed by atoms with E-state index in [1.54, 1.807) is 0 Å². The molecule has 0 spiro atoms. The van der Waals surface area contributed by atoms with Gasteiger partial charge in [0.25, 0.3) is 0 Å². The van der Waals surface area contributed by atoms with Crippen LogP contribution in [0, 0.1) is 17.8 Å². The number of hydrogen-bond donors (Lipinski definition) is 2. The maximum atomic E-state index is 10.9. The van der Waals surface area contributed by atoms with Gasteiger partial charge in [-0.25, -0.2) is 4.79 Å². The van der Waals surface area contributed by atoms with E-state index in [1.807, 2.05) is 0 Å². The molecule has 0 unspecified atom stereocenters. The first-order chi connectivity index (χ1) is 6.50. The molecule has 82 valence electrons. The SMILES string of the molecule is CC(C)[C@@H]1CC[C@@H](C)C[C@H]1NC(N)=O. The average Bonchev–Trinajstić information content (AvgIpc) is 2.01. The van der Waals surface area contributed by atoms with Gasteiger partial charge in [-0.05, 0) is 30.6 Å². The summed E-state index contributed by atoms with van der Waals surface area (Å²) in [5.41, 5.74) is 5.18. The Balaban J connectivity index is 2.58. The summed E-state index contributed by atoms with van der Waals surface area (Å²) in [5.74, 6) is 1.93. The van der Waals surface area contributed by atoms with Gasteiger partial charge in [0.1, 0.15) is 0 Å². The van der Waals surface area contributed by atoms with Crippen molar-refractivity contribution in [3.63, 3.8) is 0 Å². The maximum absolute atomic E-state index is 10.9. The Morgan fingerprint density at radius 2 is 2.07 bits per heavy atom. The van der Waals surface area contributed by atoms with Crippen LogP contribution in [-0.2, 0) is 0 Å². The van der Waals surface area contributed by atoms with Crippen molar-refractivity contribution in [1.29, 1.82) is 0 Å². The molecule has 0 radical (unpaired) electrons. The van der Waals surface area contributed by atoms with Crippen molar-refractivity contribution < 1.29 is 4.79 Å². The van der Waals surface area contributed by atoms with Gasteiger partial charge < -0.3 is 11.1 Å². The molecule has 1 aliphatic carbocycles. The van der Waals surface area contributed by atoms with Crippen LogP contribution in [0.15, 0.2) is 0 Å². The van der Waals surface area contributed by atoms with Gasteiger partial charge in [-0.3, -0.25) is 0 Å². The minimum atomic E-state index is -0.380. The Morgan fingerprint density at radius 3 is 2.57 bits per heavy atom. The molecule has 14 heavy (non-hydrogen) atoms. The average molecular weight is 198 g/mol. The number of amides is 2. The Labute approximate surface area is 86.4 Å². The molecule has 3 nitrogen and oxygen atoms in total. The number of nitrogens with two attached hydrogens (primary N) is 1. The van der Waals surface area contributed by atoms with Crippen LogP contribution in [0.3, 0.4) is 0 Å². The predicted molar refractivity (Wildman–Crippen MR) is 57.9 cm³/mol. The summed E-state index contributed by atoms with van der Waals surface area (Å²) in [6.45, 7) is 6.68. The first-order valence-corrected chi connectivity index (χ1v) is 5.56. The Kier molecular flexibility index (Phi) is 3.78. The molecule has 0 saturated heterocycles. The molecule has 1 rings (SSSR count). The highest BCUT2D eigenvalue weighted by Gasteiger charge is 2.31. The van der Waals surface area contributed by atoms with E-state index < -0.39 is 0 Å². The molecule has 0 aromatic carbocycles. The lowest BCUT2D eigenvalue weighted by Gasteiger charge is -2.37. The number of carbonyl (C=O) groups excluding carboxylic acids is 1. The number of primary amides is 1. The summed E-state index contributed by atoms with van der Waals surface area (Å²) in [6.07, 6.45) is 3.56. The van der Waals surface area contributed by atoms with Crippen molar-refractivity contribution in [3.8, 4) is 0 Å². The minimum absolute atomic E-state index is 0.288.